The summed E-state index contributed by atoms with van der Waals surface area (Å²) in [5.74, 6) is -0.466. The lowest BCUT2D eigenvalue weighted by atomic mass is 10.0. The summed E-state index contributed by atoms with van der Waals surface area (Å²) >= 11 is 0. The second-order valence-corrected chi connectivity index (χ2v) is 7.33. The molecule has 0 saturated carbocycles. The summed E-state index contributed by atoms with van der Waals surface area (Å²) in [5.41, 5.74) is 7.49. The van der Waals surface area contributed by atoms with Gasteiger partial charge >= 0.3 is 0 Å². The quantitative estimate of drug-likeness (QED) is 0.423. The molecule has 0 unspecified atom stereocenters. The zero-order chi connectivity index (χ0) is 19.7. The van der Waals surface area contributed by atoms with Crippen molar-refractivity contribution in [3.63, 3.8) is 0 Å². The van der Waals surface area contributed by atoms with Crippen molar-refractivity contribution < 1.29 is 9.18 Å². The molecule has 140 valence electrons. The third kappa shape index (κ3) is 3.61. The number of hydrogen-bond donors (Lipinski definition) is 0. The summed E-state index contributed by atoms with van der Waals surface area (Å²) in [6, 6.07) is 18.6. The van der Waals surface area contributed by atoms with Crippen LogP contribution in [0.2, 0.25) is 0 Å². The predicted molar refractivity (Wildman–Crippen MR) is 112 cm³/mol. The van der Waals surface area contributed by atoms with Gasteiger partial charge in [0, 0.05) is 29.9 Å². The Morgan fingerprint density at radius 1 is 0.929 bits per heavy atom. The van der Waals surface area contributed by atoms with Crippen molar-refractivity contribution in [3.05, 3.63) is 106 Å². The standard InChI is InChI=1S/C25H22FNO/c1-17-13-21-15-27(16-22(21)14-18(17)2)23-10-7-20(8-11-23)25(28)12-9-19-5-3-4-6-24(19)26/h3-14H,15-16H2,1-2H3/b12-9+. The monoisotopic (exact) mass is 371 g/mol. The number of allylic oxidation sites excluding steroid dienone is 1. The summed E-state index contributed by atoms with van der Waals surface area (Å²) in [6.07, 6.45) is 2.94. The predicted octanol–water partition coefficient (Wildman–Crippen LogP) is 5.86. The van der Waals surface area contributed by atoms with Crippen molar-refractivity contribution in [1.82, 2.24) is 0 Å². The van der Waals surface area contributed by atoms with Gasteiger partial charge in [0.15, 0.2) is 5.78 Å². The maximum Gasteiger partial charge on any atom is 0.185 e. The minimum atomic E-state index is -0.332. The molecule has 0 bridgehead atoms. The molecule has 3 aromatic rings. The average molecular weight is 371 g/mol. The first kappa shape index (κ1) is 18.2. The molecule has 0 radical (unpaired) electrons. The fourth-order valence-corrected chi connectivity index (χ4v) is 3.59. The first-order valence-electron chi connectivity index (χ1n) is 9.42. The molecule has 0 spiro atoms. The molecule has 4 rings (SSSR count). The Balaban J connectivity index is 1.47. The lowest BCUT2D eigenvalue weighted by molar-refractivity contribution is 0.104. The molecule has 1 aliphatic heterocycles. The molecule has 0 fully saturated rings. The van der Waals surface area contributed by atoms with Crippen molar-refractivity contribution >= 4 is 17.5 Å². The Morgan fingerprint density at radius 2 is 1.54 bits per heavy atom. The van der Waals surface area contributed by atoms with E-state index in [1.54, 1.807) is 18.2 Å². The Bertz CT molecular complexity index is 1040. The van der Waals surface area contributed by atoms with E-state index in [1.165, 1.54) is 40.5 Å². The maximum atomic E-state index is 13.7. The van der Waals surface area contributed by atoms with Crippen LogP contribution in [0.3, 0.4) is 0 Å². The van der Waals surface area contributed by atoms with E-state index >= 15 is 0 Å². The van der Waals surface area contributed by atoms with Gasteiger partial charge in [0.25, 0.3) is 0 Å². The molecule has 0 atom stereocenters. The highest BCUT2D eigenvalue weighted by molar-refractivity contribution is 6.07. The number of carbonyl (C=O) groups is 1. The van der Waals surface area contributed by atoms with Crippen molar-refractivity contribution in [3.8, 4) is 0 Å². The second-order valence-electron chi connectivity index (χ2n) is 7.33. The number of carbonyl (C=O) groups excluding carboxylic acids is 1. The number of nitrogens with zero attached hydrogens (tertiary/aromatic N) is 1. The number of aryl methyl sites for hydroxylation is 2. The molecular weight excluding hydrogens is 349 g/mol. The van der Waals surface area contributed by atoms with Crippen LogP contribution in [0.4, 0.5) is 10.1 Å². The fraction of sp³-hybridized carbons (Fsp3) is 0.160. The zero-order valence-corrected chi connectivity index (χ0v) is 16.1. The van der Waals surface area contributed by atoms with E-state index in [2.05, 4.69) is 30.9 Å². The van der Waals surface area contributed by atoms with E-state index in [-0.39, 0.29) is 11.6 Å². The number of hydrogen-bond acceptors (Lipinski definition) is 2. The van der Waals surface area contributed by atoms with Crippen LogP contribution < -0.4 is 4.90 Å². The topological polar surface area (TPSA) is 20.3 Å². The molecule has 1 aliphatic rings. The number of fused-ring (bicyclic) bond motifs is 1. The lowest BCUT2D eigenvalue weighted by Crippen LogP contribution is -2.14. The van der Waals surface area contributed by atoms with Gasteiger partial charge in [-0.05, 0) is 78.6 Å². The summed E-state index contributed by atoms with van der Waals surface area (Å²) in [6.45, 7) is 6.06. The largest absolute Gasteiger partial charge is 0.363 e. The van der Waals surface area contributed by atoms with Crippen LogP contribution in [0, 0.1) is 19.7 Å². The van der Waals surface area contributed by atoms with E-state index in [0.717, 1.165) is 18.8 Å². The van der Waals surface area contributed by atoms with E-state index < -0.39 is 0 Å². The molecule has 0 saturated heterocycles. The normalized spacial score (nSPS) is 13.2. The number of ketones is 1. The van der Waals surface area contributed by atoms with Crippen LogP contribution in [0.25, 0.3) is 6.08 Å². The molecule has 3 aromatic carbocycles. The van der Waals surface area contributed by atoms with Gasteiger partial charge in [-0.2, -0.15) is 0 Å². The third-order valence-electron chi connectivity index (χ3n) is 5.37. The number of benzene rings is 3. The Kier molecular flexibility index (Phi) is 4.82. The van der Waals surface area contributed by atoms with Crippen molar-refractivity contribution in [2.24, 2.45) is 0 Å². The van der Waals surface area contributed by atoms with E-state index in [4.69, 9.17) is 0 Å². The summed E-state index contributed by atoms with van der Waals surface area (Å²) in [5, 5.41) is 0. The SMILES string of the molecule is Cc1cc2c(cc1C)CN(c1ccc(C(=O)/C=C/c3ccccc3F)cc1)C2. The molecule has 0 aromatic heterocycles. The minimum absolute atomic E-state index is 0.134. The molecule has 3 heteroatoms. The van der Waals surface area contributed by atoms with Crippen LogP contribution in [0.5, 0.6) is 0 Å². The minimum Gasteiger partial charge on any atom is -0.363 e. The number of anilines is 1. The van der Waals surface area contributed by atoms with Gasteiger partial charge in [0.1, 0.15) is 5.82 Å². The average Bonchev–Trinajstić information content (AvgIpc) is 3.10. The van der Waals surface area contributed by atoms with Crippen LogP contribution in [-0.2, 0) is 13.1 Å². The van der Waals surface area contributed by atoms with E-state index in [1.807, 2.05) is 24.3 Å². The lowest BCUT2D eigenvalue weighted by Gasteiger charge is -2.17. The van der Waals surface area contributed by atoms with Gasteiger partial charge in [-0.25, -0.2) is 4.39 Å². The van der Waals surface area contributed by atoms with Gasteiger partial charge in [-0.1, -0.05) is 30.3 Å². The number of halogens is 1. The molecule has 28 heavy (non-hydrogen) atoms. The first-order valence-corrected chi connectivity index (χ1v) is 9.42. The van der Waals surface area contributed by atoms with Crippen LogP contribution in [0.1, 0.15) is 38.2 Å². The summed E-state index contributed by atoms with van der Waals surface area (Å²) in [4.78, 5) is 14.7. The van der Waals surface area contributed by atoms with Crippen molar-refractivity contribution in [1.29, 1.82) is 0 Å². The van der Waals surface area contributed by atoms with Crippen LogP contribution >= 0.6 is 0 Å². The van der Waals surface area contributed by atoms with E-state index in [9.17, 15) is 9.18 Å². The molecule has 2 nitrogen and oxygen atoms in total. The molecule has 1 heterocycles. The van der Waals surface area contributed by atoms with Gasteiger partial charge in [0.05, 0.1) is 0 Å². The smallest absolute Gasteiger partial charge is 0.185 e. The fourth-order valence-electron chi connectivity index (χ4n) is 3.59. The number of rotatable bonds is 4. The molecule has 0 amide bonds. The Hall–Kier alpha value is -3.20. The van der Waals surface area contributed by atoms with Crippen molar-refractivity contribution in [2.45, 2.75) is 26.9 Å². The highest BCUT2D eigenvalue weighted by atomic mass is 19.1. The van der Waals surface area contributed by atoms with Crippen LogP contribution in [0.15, 0.2) is 66.7 Å². The zero-order valence-electron chi connectivity index (χ0n) is 16.1. The highest BCUT2D eigenvalue weighted by Crippen LogP contribution is 2.30. The van der Waals surface area contributed by atoms with Crippen LogP contribution in [-0.4, -0.2) is 5.78 Å². The Labute approximate surface area is 164 Å². The summed E-state index contributed by atoms with van der Waals surface area (Å²) < 4.78 is 13.7. The molecular formula is C25H22FNO. The highest BCUT2D eigenvalue weighted by Gasteiger charge is 2.20. The van der Waals surface area contributed by atoms with Gasteiger partial charge in [-0.15, -0.1) is 0 Å². The Morgan fingerprint density at radius 3 is 2.14 bits per heavy atom. The van der Waals surface area contributed by atoms with Crippen molar-refractivity contribution in [2.75, 3.05) is 4.90 Å². The molecule has 0 N–H and O–H groups in total. The molecule has 0 aliphatic carbocycles. The van der Waals surface area contributed by atoms with Gasteiger partial charge in [0.2, 0.25) is 0 Å². The third-order valence-corrected chi connectivity index (χ3v) is 5.37. The van der Waals surface area contributed by atoms with Gasteiger partial charge in [-0.3, -0.25) is 4.79 Å². The summed E-state index contributed by atoms with van der Waals surface area (Å²) in [7, 11) is 0. The maximum absolute atomic E-state index is 13.7. The second kappa shape index (κ2) is 7.43. The first-order chi connectivity index (χ1) is 13.5. The van der Waals surface area contributed by atoms with Gasteiger partial charge < -0.3 is 4.90 Å². The van der Waals surface area contributed by atoms with E-state index in [0.29, 0.717) is 11.1 Å².